The summed E-state index contributed by atoms with van der Waals surface area (Å²) in [7, 11) is -1.79. The Bertz CT molecular complexity index is 961. The monoisotopic (exact) mass is 372 g/mol. The van der Waals surface area contributed by atoms with Crippen molar-refractivity contribution in [2.24, 2.45) is 0 Å². The van der Waals surface area contributed by atoms with Gasteiger partial charge in [0.15, 0.2) is 0 Å². The molecule has 4 rings (SSSR count). The number of allylic oxidation sites excluding steroid dienone is 2. The van der Waals surface area contributed by atoms with E-state index in [1.807, 2.05) is 0 Å². The zero-order chi connectivity index (χ0) is 19.7. The standard InChI is InChI=1S/C26H32Si/c1-15-9-21-11-19(5)25(23(21)13-17(15)3)27(7,8)26-20(6)12-22-10-16(2)18(4)14-24(22)26/h9-10,13-14H,11-12H2,1-8H3. The zero-order valence-corrected chi connectivity index (χ0v) is 19.2. The van der Waals surface area contributed by atoms with Gasteiger partial charge in [-0.25, -0.2) is 0 Å². The molecule has 2 aromatic carbocycles. The third-order valence-corrected chi connectivity index (χ3v) is 10.9. The summed E-state index contributed by atoms with van der Waals surface area (Å²) >= 11 is 0. The number of fused-ring (bicyclic) bond motifs is 2. The molecule has 1 heteroatoms. The molecule has 140 valence electrons. The second-order valence-corrected chi connectivity index (χ2v) is 13.7. The fourth-order valence-corrected chi connectivity index (χ4v) is 9.96. The van der Waals surface area contributed by atoms with Crippen molar-refractivity contribution in [1.29, 1.82) is 0 Å². The lowest BCUT2D eigenvalue weighted by Gasteiger charge is -2.30. The van der Waals surface area contributed by atoms with E-state index < -0.39 is 8.07 Å². The summed E-state index contributed by atoms with van der Waals surface area (Å²) in [4.78, 5) is 0. The van der Waals surface area contributed by atoms with Gasteiger partial charge in [0.25, 0.3) is 0 Å². The Kier molecular flexibility index (Phi) is 4.16. The van der Waals surface area contributed by atoms with Gasteiger partial charge in [-0.2, -0.15) is 0 Å². The second-order valence-electron chi connectivity index (χ2n) is 9.48. The summed E-state index contributed by atoms with van der Waals surface area (Å²) < 4.78 is 0. The molecule has 0 atom stereocenters. The molecule has 0 saturated heterocycles. The van der Waals surface area contributed by atoms with Gasteiger partial charge < -0.3 is 0 Å². The van der Waals surface area contributed by atoms with E-state index in [4.69, 9.17) is 0 Å². The molecular formula is C26H32Si. The van der Waals surface area contributed by atoms with Gasteiger partial charge >= 0.3 is 0 Å². The van der Waals surface area contributed by atoms with Crippen LogP contribution in [0.15, 0.2) is 35.4 Å². The molecule has 0 bridgehead atoms. The maximum atomic E-state index is 2.58. The Hall–Kier alpha value is -1.86. The fraction of sp³-hybridized carbons (Fsp3) is 0.385. The van der Waals surface area contributed by atoms with Crippen molar-refractivity contribution in [2.75, 3.05) is 0 Å². The van der Waals surface area contributed by atoms with E-state index in [1.165, 1.54) is 22.3 Å². The molecule has 0 heterocycles. The highest BCUT2D eigenvalue weighted by atomic mass is 28.3. The van der Waals surface area contributed by atoms with E-state index in [0.717, 1.165) is 12.8 Å². The first-order chi connectivity index (χ1) is 12.6. The molecule has 0 fully saturated rings. The van der Waals surface area contributed by atoms with Gasteiger partial charge in [0.05, 0.1) is 0 Å². The van der Waals surface area contributed by atoms with Gasteiger partial charge in [-0.15, -0.1) is 0 Å². The molecule has 2 aliphatic rings. The van der Waals surface area contributed by atoms with Crippen molar-refractivity contribution >= 4 is 18.5 Å². The molecule has 0 spiro atoms. The quantitative estimate of drug-likeness (QED) is 0.495. The van der Waals surface area contributed by atoms with Crippen molar-refractivity contribution in [3.63, 3.8) is 0 Å². The van der Waals surface area contributed by atoms with Crippen molar-refractivity contribution in [3.8, 4) is 0 Å². The SMILES string of the molecule is CC1=C([Si](C)(C)C2=C(C)Cc3cc(C)c(C)cc32)c2cc(C)c(C)cc2C1. The van der Waals surface area contributed by atoms with E-state index in [9.17, 15) is 0 Å². The Morgan fingerprint density at radius 2 is 0.889 bits per heavy atom. The van der Waals surface area contributed by atoms with Crippen LogP contribution >= 0.6 is 0 Å². The van der Waals surface area contributed by atoms with Crippen LogP contribution in [0.5, 0.6) is 0 Å². The van der Waals surface area contributed by atoms with Crippen molar-refractivity contribution in [2.45, 2.75) is 67.5 Å². The first-order valence-corrected chi connectivity index (χ1v) is 13.2. The first-order valence-electron chi connectivity index (χ1n) is 10.2. The summed E-state index contributed by atoms with van der Waals surface area (Å²) in [5, 5.41) is 3.39. The molecule has 2 aliphatic carbocycles. The summed E-state index contributed by atoms with van der Waals surface area (Å²) in [5.74, 6) is 0. The average Bonchev–Trinajstić information content (AvgIpc) is 3.04. The van der Waals surface area contributed by atoms with Crippen LogP contribution < -0.4 is 0 Å². The van der Waals surface area contributed by atoms with Crippen LogP contribution in [0.3, 0.4) is 0 Å². The minimum atomic E-state index is -1.79. The minimum Gasteiger partial charge on any atom is -0.0686 e. The lowest BCUT2D eigenvalue weighted by atomic mass is 10.0. The van der Waals surface area contributed by atoms with Crippen molar-refractivity contribution < 1.29 is 0 Å². The molecule has 0 unspecified atom stereocenters. The summed E-state index contributed by atoms with van der Waals surface area (Å²) in [6.45, 7) is 18.9. The van der Waals surface area contributed by atoms with Crippen LogP contribution in [0.4, 0.5) is 0 Å². The normalized spacial score (nSPS) is 16.3. The van der Waals surface area contributed by atoms with E-state index >= 15 is 0 Å². The van der Waals surface area contributed by atoms with E-state index in [0.29, 0.717) is 0 Å². The maximum absolute atomic E-state index is 2.58. The molecule has 27 heavy (non-hydrogen) atoms. The molecule has 0 aromatic heterocycles. The van der Waals surface area contributed by atoms with Gasteiger partial charge in [0.1, 0.15) is 8.07 Å². The number of hydrogen-bond donors (Lipinski definition) is 0. The van der Waals surface area contributed by atoms with Crippen LogP contribution in [0.25, 0.3) is 10.4 Å². The maximum Gasteiger partial charge on any atom is 0.113 e. The number of benzene rings is 2. The Balaban J connectivity index is 1.90. The lowest BCUT2D eigenvalue weighted by molar-refractivity contribution is 1.17. The van der Waals surface area contributed by atoms with Crippen molar-refractivity contribution in [3.05, 3.63) is 79.9 Å². The topological polar surface area (TPSA) is 0 Å². The molecule has 0 aliphatic heterocycles. The summed E-state index contributed by atoms with van der Waals surface area (Å²) in [6, 6.07) is 9.81. The highest BCUT2D eigenvalue weighted by Crippen LogP contribution is 2.49. The third-order valence-electron chi connectivity index (χ3n) is 6.99. The fourth-order valence-electron chi connectivity index (χ4n) is 5.58. The number of aryl methyl sites for hydroxylation is 4. The van der Waals surface area contributed by atoms with Crippen LogP contribution in [-0.4, -0.2) is 8.07 Å². The minimum absolute atomic E-state index is 1.13. The van der Waals surface area contributed by atoms with E-state index in [1.54, 1.807) is 43.8 Å². The molecular weight excluding hydrogens is 340 g/mol. The lowest BCUT2D eigenvalue weighted by Crippen LogP contribution is -2.31. The molecule has 0 nitrogen and oxygen atoms in total. The molecule has 0 amide bonds. The van der Waals surface area contributed by atoms with Gasteiger partial charge in [-0.1, -0.05) is 48.5 Å². The first kappa shape index (κ1) is 18.5. The van der Waals surface area contributed by atoms with E-state index in [-0.39, 0.29) is 0 Å². The predicted molar refractivity (Wildman–Crippen MR) is 122 cm³/mol. The smallest absolute Gasteiger partial charge is 0.0686 e. The predicted octanol–water partition coefficient (Wildman–Crippen LogP) is 7.07. The van der Waals surface area contributed by atoms with Gasteiger partial charge in [-0.3, -0.25) is 0 Å². The Morgan fingerprint density at radius 3 is 1.26 bits per heavy atom. The summed E-state index contributed by atoms with van der Waals surface area (Å²) in [5.41, 5.74) is 15.1. The molecule has 0 N–H and O–H groups in total. The molecule has 0 radical (unpaired) electrons. The van der Waals surface area contributed by atoms with Crippen LogP contribution in [-0.2, 0) is 12.8 Å². The average molecular weight is 373 g/mol. The molecule has 2 aromatic rings. The molecule has 0 saturated carbocycles. The third kappa shape index (κ3) is 2.70. The van der Waals surface area contributed by atoms with Gasteiger partial charge in [0.2, 0.25) is 0 Å². The number of rotatable bonds is 2. The van der Waals surface area contributed by atoms with Gasteiger partial charge in [0, 0.05) is 0 Å². The Morgan fingerprint density at radius 1 is 0.556 bits per heavy atom. The zero-order valence-electron chi connectivity index (χ0n) is 18.2. The van der Waals surface area contributed by atoms with Gasteiger partial charge in [-0.05, 0) is 109 Å². The van der Waals surface area contributed by atoms with Crippen LogP contribution in [0.2, 0.25) is 13.1 Å². The summed E-state index contributed by atoms with van der Waals surface area (Å²) in [6.07, 6.45) is 2.27. The Labute approximate surface area is 166 Å². The van der Waals surface area contributed by atoms with Crippen molar-refractivity contribution in [1.82, 2.24) is 0 Å². The number of hydrogen-bond acceptors (Lipinski definition) is 0. The van der Waals surface area contributed by atoms with Crippen LogP contribution in [0, 0.1) is 27.7 Å². The van der Waals surface area contributed by atoms with Crippen LogP contribution in [0.1, 0.15) is 58.4 Å². The highest BCUT2D eigenvalue weighted by molar-refractivity contribution is 7.09. The largest absolute Gasteiger partial charge is 0.113 e. The second kappa shape index (κ2) is 6.07. The highest BCUT2D eigenvalue weighted by Gasteiger charge is 2.40. The van der Waals surface area contributed by atoms with E-state index in [2.05, 4.69) is 78.9 Å².